The number of nitrogens with two attached hydrogens (primary N) is 1. The maximum Gasteiger partial charge on any atom is 0.344 e. The number of carbonyl (C=O) groups excluding carboxylic acids is 2. The van der Waals surface area contributed by atoms with Crippen molar-refractivity contribution in [2.45, 2.75) is 26.3 Å². The fraction of sp³-hybridized carbons (Fsp3) is 0.333. The molecular formula is C21H26N2O4. The predicted molar refractivity (Wildman–Crippen MR) is 103 cm³/mol. The van der Waals surface area contributed by atoms with Gasteiger partial charge >= 0.3 is 5.97 Å². The van der Waals surface area contributed by atoms with Crippen LogP contribution in [0.25, 0.3) is 0 Å². The van der Waals surface area contributed by atoms with Crippen LogP contribution >= 0.6 is 0 Å². The average molecular weight is 370 g/mol. The number of nitrogens with one attached hydrogen (secondary N) is 1. The molecule has 0 saturated carbocycles. The van der Waals surface area contributed by atoms with Crippen molar-refractivity contribution in [2.75, 3.05) is 19.8 Å². The highest BCUT2D eigenvalue weighted by atomic mass is 16.6. The maximum absolute atomic E-state index is 12.2. The van der Waals surface area contributed by atoms with Gasteiger partial charge in [0.15, 0.2) is 6.61 Å². The Balaban J connectivity index is 1.75. The van der Waals surface area contributed by atoms with E-state index in [9.17, 15) is 9.59 Å². The highest BCUT2D eigenvalue weighted by molar-refractivity contribution is 5.82. The van der Waals surface area contributed by atoms with Gasteiger partial charge in [-0.3, -0.25) is 4.79 Å². The number of benzene rings is 2. The molecular weight excluding hydrogens is 344 g/mol. The second-order valence-electron chi connectivity index (χ2n) is 6.17. The Kier molecular flexibility index (Phi) is 7.82. The van der Waals surface area contributed by atoms with E-state index in [1.165, 1.54) is 0 Å². The van der Waals surface area contributed by atoms with Crippen LogP contribution < -0.4 is 15.8 Å². The first-order valence-electron chi connectivity index (χ1n) is 8.97. The summed E-state index contributed by atoms with van der Waals surface area (Å²) in [6, 6.07) is 14.3. The summed E-state index contributed by atoms with van der Waals surface area (Å²) in [5.74, 6) is -0.000297. The van der Waals surface area contributed by atoms with Gasteiger partial charge < -0.3 is 20.5 Å². The molecule has 2 aromatic rings. The summed E-state index contributed by atoms with van der Waals surface area (Å²) in [6.45, 7) is 4.45. The van der Waals surface area contributed by atoms with E-state index in [2.05, 4.69) is 5.32 Å². The van der Waals surface area contributed by atoms with Gasteiger partial charge in [-0.25, -0.2) is 4.79 Å². The van der Waals surface area contributed by atoms with Crippen LogP contribution in [-0.4, -0.2) is 31.6 Å². The zero-order valence-corrected chi connectivity index (χ0v) is 15.7. The Morgan fingerprint density at radius 1 is 1.07 bits per heavy atom. The van der Waals surface area contributed by atoms with Crippen LogP contribution in [0.15, 0.2) is 48.5 Å². The Labute approximate surface area is 159 Å². The van der Waals surface area contributed by atoms with Gasteiger partial charge in [-0.2, -0.15) is 0 Å². The average Bonchev–Trinajstić information content (AvgIpc) is 2.67. The van der Waals surface area contributed by atoms with Crippen molar-refractivity contribution in [3.8, 4) is 5.75 Å². The number of carbonyl (C=O) groups is 2. The Bertz CT molecular complexity index is 742. The summed E-state index contributed by atoms with van der Waals surface area (Å²) in [7, 11) is 0. The zero-order valence-electron chi connectivity index (χ0n) is 15.7. The summed E-state index contributed by atoms with van der Waals surface area (Å²) in [4.78, 5) is 23.4. The molecule has 0 aliphatic rings. The molecule has 0 saturated heterocycles. The normalized spacial score (nSPS) is 11.5. The van der Waals surface area contributed by atoms with Crippen LogP contribution in [0.3, 0.4) is 0 Å². The number of amides is 1. The standard InChI is InChI=1S/C21H26N2O4/c1-3-26-19(24)14-27-18-10-6-16(7-11-18)12-13-23-21(25)20(22)17-8-4-15(2)5-9-17/h4-11,20H,3,12-14,22H2,1-2H3,(H,23,25). The van der Waals surface area contributed by atoms with Crippen molar-refractivity contribution >= 4 is 11.9 Å². The van der Waals surface area contributed by atoms with Gasteiger partial charge in [-0.15, -0.1) is 0 Å². The zero-order chi connectivity index (χ0) is 19.6. The third-order valence-corrected chi connectivity index (χ3v) is 4.02. The van der Waals surface area contributed by atoms with Crippen LogP contribution in [0.1, 0.15) is 29.7 Å². The molecule has 0 spiro atoms. The minimum atomic E-state index is -0.677. The Morgan fingerprint density at radius 3 is 2.37 bits per heavy atom. The molecule has 0 fully saturated rings. The van der Waals surface area contributed by atoms with Crippen molar-refractivity contribution < 1.29 is 19.1 Å². The molecule has 1 amide bonds. The predicted octanol–water partition coefficient (Wildman–Crippen LogP) is 2.30. The van der Waals surface area contributed by atoms with Gasteiger partial charge in [0.05, 0.1) is 6.61 Å². The third-order valence-electron chi connectivity index (χ3n) is 4.02. The number of hydrogen-bond donors (Lipinski definition) is 2. The van der Waals surface area contributed by atoms with Crippen LogP contribution in [0.5, 0.6) is 5.75 Å². The number of ether oxygens (including phenoxy) is 2. The smallest absolute Gasteiger partial charge is 0.344 e. The molecule has 2 rings (SSSR count). The molecule has 2 aromatic carbocycles. The van der Waals surface area contributed by atoms with Crippen LogP contribution in [0, 0.1) is 6.92 Å². The molecule has 0 radical (unpaired) electrons. The lowest BCUT2D eigenvalue weighted by molar-refractivity contribution is -0.145. The van der Waals surface area contributed by atoms with Crippen molar-refractivity contribution in [1.82, 2.24) is 5.32 Å². The van der Waals surface area contributed by atoms with E-state index in [4.69, 9.17) is 15.2 Å². The summed E-state index contributed by atoms with van der Waals surface area (Å²) >= 11 is 0. The number of esters is 1. The molecule has 0 aliphatic carbocycles. The van der Waals surface area contributed by atoms with E-state index in [0.717, 1.165) is 16.7 Å². The van der Waals surface area contributed by atoms with E-state index >= 15 is 0 Å². The van der Waals surface area contributed by atoms with Crippen molar-refractivity contribution in [3.05, 3.63) is 65.2 Å². The second kappa shape index (κ2) is 10.3. The first kappa shape index (κ1) is 20.5. The van der Waals surface area contributed by atoms with Gasteiger partial charge in [0.1, 0.15) is 11.8 Å². The minimum Gasteiger partial charge on any atom is -0.482 e. The van der Waals surface area contributed by atoms with Gasteiger partial charge in [0.2, 0.25) is 5.91 Å². The first-order valence-corrected chi connectivity index (χ1v) is 8.97. The molecule has 1 unspecified atom stereocenters. The van der Waals surface area contributed by atoms with Crippen LogP contribution in [0.4, 0.5) is 0 Å². The van der Waals surface area contributed by atoms with Gasteiger partial charge in [-0.05, 0) is 43.5 Å². The van der Waals surface area contributed by atoms with E-state index in [-0.39, 0.29) is 12.5 Å². The molecule has 6 heteroatoms. The van der Waals surface area contributed by atoms with E-state index in [0.29, 0.717) is 25.3 Å². The van der Waals surface area contributed by atoms with Crippen LogP contribution in [-0.2, 0) is 20.7 Å². The second-order valence-corrected chi connectivity index (χ2v) is 6.17. The lowest BCUT2D eigenvalue weighted by Gasteiger charge is -2.13. The molecule has 0 aliphatic heterocycles. The van der Waals surface area contributed by atoms with E-state index in [1.54, 1.807) is 19.1 Å². The summed E-state index contributed by atoms with van der Waals surface area (Å²) in [5, 5.41) is 2.86. The third kappa shape index (κ3) is 6.75. The lowest BCUT2D eigenvalue weighted by atomic mass is 10.1. The fourth-order valence-corrected chi connectivity index (χ4v) is 2.46. The monoisotopic (exact) mass is 370 g/mol. The molecule has 6 nitrogen and oxygen atoms in total. The highest BCUT2D eigenvalue weighted by Gasteiger charge is 2.14. The quantitative estimate of drug-likeness (QED) is 0.661. The van der Waals surface area contributed by atoms with E-state index < -0.39 is 12.0 Å². The Hall–Kier alpha value is -2.86. The van der Waals surface area contributed by atoms with Crippen LogP contribution in [0.2, 0.25) is 0 Å². The lowest BCUT2D eigenvalue weighted by Crippen LogP contribution is -2.35. The van der Waals surface area contributed by atoms with Crippen molar-refractivity contribution in [3.63, 3.8) is 0 Å². The molecule has 0 aromatic heterocycles. The maximum atomic E-state index is 12.2. The van der Waals surface area contributed by atoms with Gasteiger partial charge in [0, 0.05) is 6.54 Å². The minimum absolute atomic E-state index is 0.111. The molecule has 0 heterocycles. The molecule has 144 valence electrons. The number of hydrogen-bond acceptors (Lipinski definition) is 5. The summed E-state index contributed by atoms with van der Waals surface area (Å²) in [5.41, 5.74) is 8.96. The van der Waals surface area contributed by atoms with Gasteiger partial charge in [0.25, 0.3) is 0 Å². The molecule has 27 heavy (non-hydrogen) atoms. The summed E-state index contributed by atoms with van der Waals surface area (Å²) < 4.78 is 10.2. The summed E-state index contributed by atoms with van der Waals surface area (Å²) in [6.07, 6.45) is 0.671. The number of aryl methyl sites for hydroxylation is 1. The highest BCUT2D eigenvalue weighted by Crippen LogP contribution is 2.13. The van der Waals surface area contributed by atoms with Gasteiger partial charge in [-0.1, -0.05) is 42.0 Å². The fourth-order valence-electron chi connectivity index (χ4n) is 2.46. The first-order chi connectivity index (χ1) is 13.0. The Morgan fingerprint density at radius 2 is 1.74 bits per heavy atom. The number of rotatable bonds is 9. The molecule has 0 bridgehead atoms. The largest absolute Gasteiger partial charge is 0.482 e. The topological polar surface area (TPSA) is 90.6 Å². The molecule has 1 atom stereocenters. The van der Waals surface area contributed by atoms with Crippen molar-refractivity contribution in [2.24, 2.45) is 5.73 Å². The molecule has 3 N–H and O–H groups in total. The SMILES string of the molecule is CCOC(=O)COc1ccc(CCNC(=O)C(N)c2ccc(C)cc2)cc1. The van der Waals surface area contributed by atoms with E-state index in [1.807, 2.05) is 43.3 Å². The van der Waals surface area contributed by atoms with Crippen molar-refractivity contribution in [1.29, 1.82) is 0 Å².